The van der Waals surface area contributed by atoms with Crippen molar-refractivity contribution in [1.82, 2.24) is 15.2 Å². The number of ether oxygens (including phenoxy) is 1. The van der Waals surface area contributed by atoms with E-state index >= 15 is 0 Å². The topological polar surface area (TPSA) is 37.4 Å². The number of hydrogen-bond acceptors (Lipinski definition) is 5. The molecular formula is C13H22ClN3OS. The first-order valence-electron chi connectivity index (χ1n) is 6.83. The van der Waals surface area contributed by atoms with Crippen molar-refractivity contribution in [1.29, 1.82) is 0 Å². The van der Waals surface area contributed by atoms with Gasteiger partial charge in [0.05, 0.1) is 0 Å². The minimum Gasteiger partial charge on any atom is -0.371 e. The molecule has 6 heteroatoms. The quantitative estimate of drug-likeness (QED) is 0.929. The van der Waals surface area contributed by atoms with Crippen molar-refractivity contribution in [3.63, 3.8) is 0 Å². The Bertz CT molecular complexity index is 395. The van der Waals surface area contributed by atoms with Crippen molar-refractivity contribution in [3.8, 4) is 0 Å². The van der Waals surface area contributed by atoms with Gasteiger partial charge in [-0.1, -0.05) is 0 Å². The summed E-state index contributed by atoms with van der Waals surface area (Å²) in [4.78, 5) is 8.41. The lowest BCUT2D eigenvalue weighted by molar-refractivity contribution is 0.111. The first-order valence-corrected chi connectivity index (χ1v) is 7.65. The van der Waals surface area contributed by atoms with Crippen LogP contribution in [-0.4, -0.2) is 42.2 Å². The Morgan fingerprint density at radius 1 is 1.58 bits per heavy atom. The fourth-order valence-electron chi connectivity index (χ4n) is 2.69. The first kappa shape index (κ1) is 15.2. The fourth-order valence-corrected chi connectivity index (χ4v) is 3.74. The van der Waals surface area contributed by atoms with Crippen LogP contribution in [0.5, 0.6) is 0 Å². The third kappa shape index (κ3) is 3.89. The van der Waals surface area contributed by atoms with Crippen LogP contribution >= 0.6 is 23.7 Å². The maximum Gasteiger partial charge on any atom is 0.122 e. The van der Waals surface area contributed by atoms with Crippen LogP contribution in [0, 0.1) is 0 Å². The Morgan fingerprint density at radius 2 is 2.47 bits per heavy atom. The van der Waals surface area contributed by atoms with Crippen molar-refractivity contribution in [2.45, 2.75) is 38.5 Å². The first-order chi connectivity index (χ1) is 8.81. The van der Waals surface area contributed by atoms with Crippen LogP contribution in [-0.2, 0) is 11.3 Å². The second-order valence-corrected chi connectivity index (χ2v) is 6.40. The van der Waals surface area contributed by atoms with Gasteiger partial charge in [-0.3, -0.25) is 4.90 Å². The van der Waals surface area contributed by atoms with Gasteiger partial charge in [0.25, 0.3) is 0 Å². The Labute approximate surface area is 125 Å². The van der Waals surface area contributed by atoms with Crippen molar-refractivity contribution in [3.05, 3.63) is 16.1 Å². The average Bonchev–Trinajstić information content (AvgIpc) is 2.98. The molecule has 2 aliphatic rings. The number of nitrogens with zero attached hydrogens (tertiary/aromatic N) is 2. The summed E-state index contributed by atoms with van der Waals surface area (Å²) in [6, 6.07) is 0.601. The summed E-state index contributed by atoms with van der Waals surface area (Å²) in [5.74, 6) is 0. The molecule has 3 heterocycles. The molecule has 2 fully saturated rings. The molecule has 2 aliphatic heterocycles. The van der Waals surface area contributed by atoms with E-state index in [0.29, 0.717) is 6.04 Å². The Morgan fingerprint density at radius 3 is 3.21 bits per heavy atom. The second kappa shape index (κ2) is 6.99. The van der Waals surface area contributed by atoms with E-state index in [-0.39, 0.29) is 18.5 Å². The van der Waals surface area contributed by atoms with Crippen molar-refractivity contribution in [2.24, 2.45) is 0 Å². The van der Waals surface area contributed by atoms with E-state index < -0.39 is 0 Å². The minimum absolute atomic E-state index is 0. The molecule has 0 spiro atoms. The molecule has 108 valence electrons. The predicted octanol–water partition coefficient (Wildman–Crippen LogP) is 2.21. The average molecular weight is 304 g/mol. The molecule has 1 aromatic rings. The molecule has 1 N–H and O–H groups in total. The lowest BCUT2D eigenvalue weighted by Gasteiger charge is -2.31. The Kier molecular flexibility index (Phi) is 5.59. The van der Waals surface area contributed by atoms with Gasteiger partial charge in [0, 0.05) is 49.9 Å². The highest BCUT2D eigenvalue weighted by Gasteiger charge is 2.22. The van der Waals surface area contributed by atoms with E-state index in [1.54, 1.807) is 0 Å². The van der Waals surface area contributed by atoms with Gasteiger partial charge >= 0.3 is 0 Å². The van der Waals surface area contributed by atoms with Gasteiger partial charge in [-0.25, -0.2) is 4.98 Å². The van der Waals surface area contributed by atoms with Crippen LogP contribution in [0.3, 0.4) is 0 Å². The molecule has 0 aliphatic carbocycles. The Balaban J connectivity index is 0.00000133. The van der Waals surface area contributed by atoms with Gasteiger partial charge in [0.2, 0.25) is 0 Å². The van der Waals surface area contributed by atoms with E-state index in [0.717, 1.165) is 39.2 Å². The summed E-state index contributed by atoms with van der Waals surface area (Å²) in [5, 5.41) is 4.65. The highest BCUT2D eigenvalue weighted by molar-refractivity contribution is 7.11. The summed E-state index contributed by atoms with van der Waals surface area (Å²) >= 11 is 1.83. The maximum atomic E-state index is 5.68. The van der Waals surface area contributed by atoms with E-state index in [2.05, 4.69) is 22.1 Å². The number of thiazole rings is 1. The zero-order valence-electron chi connectivity index (χ0n) is 11.3. The molecule has 2 atom stereocenters. The highest BCUT2D eigenvalue weighted by atomic mass is 35.5. The van der Waals surface area contributed by atoms with Gasteiger partial charge in [-0.2, -0.15) is 0 Å². The molecule has 3 rings (SSSR count). The monoisotopic (exact) mass is 303 g/mol. The van der Waals surface area contributed by atoms with Crippen molar-refractivity contribution < 1.29 is 4.74 Å². The van der Waals surface area contributed by atoms with Crippen LogP contribution < -0.4 is 5.32 Å². The molecule has 4 nitrogen and oxygen atoms in total. The summed E-state index contributed by atoms with van der Waals surface area (Å²) in [7, 11) is 0. The zero-order chi connectivity index (χ0) is 12.4. The lowest BCUT2D eigenvalue weighted by Crippen LogP contribution is -2.48. The van der Waals surface area contributed by atoms with Gasteiger partial charge in [-0.05, 0) is 19.8 Å². The van der Waals surface area contributed by atoms with Crippen LogP contribution in [0.4, 0.5) is 0 Å². The Hall–Kier alpha value is -0.200. The fraction of sp³-hybridized carbons (Fsp3) is 0.769. The normalized spacial score (nSPS) is 28.3. The number of hydrogen-bond donors (Lipinski definition) is 1. The van der Waals surface area contributed by atoms with Crippen molar-refractivity contribution >= 4 is 23.7 Å². The molecule has 0 amide bonds. The summed E-state index contributed by atoms with van der Waals surface area (Å²) in [6.07, 6.45) is 4.62. The summed E-state index contributed by atoms with van der Waals surface area (Å²) < 4.78 is 5.68. The molecule has 0 radical (unpaired) electrons. The molecular weight excluding hydrogens is 282 g/mol. The van der Waals surface area contributed by atoms with E-state index in [1.807, 2.05) is 17.5 Å². The molecule has 1 unspecified atom stereocenters. The van der Waals surface area contributed by atoms with Gasteiger partial charge < -0.3 is 10.1 Å². The van der Waals surface area contributed by atoms with Crippen LogP contribution in [0.2, 0.25) is 0 Å². The number of aromatic nitrogens is 1. The van der Waals surface area contributed by atoms with Crippen molar-refractivity contribution in [2.75, 3.05) is 26.2 Å². The minimum atomic E-state index is 0. The second-order valence-electron chi connectivity index (χ2n) is 5.26. The molecule has 2 saturated heterocycles. The maximum absolute atomic E-state index is 5.68. The lowest BCUT2D eigenvalue weighted by atomic mass is 10.2. The van der Waals surface area contributed by atoms with E-state index in [9.17, 15) is 0 Å². The molecule has 1 aromatic heterocycles. The standard InChI is InChI=1S/C13H21N3OS.ClH/c1-10-8-16(5-4-14-10)9-11-7-15-13(18-11)12-3-2-6-17-12;/h7,10,12,14H,2-6,8-9H2,1H3;1H/t10-,12?;/m0./s1. The van der Waals surface area contributed by atoms with Crippen LogP contribution in [0.25, 0.3) is 0 Å². The van der Waals surface area contributed by atoms with Crippen LogP contribution in [0.15, 0.2) is 6.20 Å². The smallest absolute Gasteiger partial charge is 0.122 e. The predicted molar refractivity (Wildman–Crippen MR) is 80.0 cm³/mol. The molecule has 0 bridgehead atoms. The van der Waals surface area contributed by atoms with E-state index in [4.69, 9.17) is 4.74 Å². The van der Waals surface area contributed by atoms with Gasteiger partial charge in [0.1, 0.15) is 11.1 Å². The molecule has 0 aromatic carbocycles. The number of rotatable bonds is 3. The summed E-state index contributed by atoms with van der Waals surface area (Å²) in [6.45, 7) is 7.55. The number of piperazine rings is 1. The molecule has 0 saturated carbocycles. The van der Waals surface area contributed by atoms with Crippen LogP contribution in [0.1, 0.15) is 35.8 Å². The largest absolute Gasteiger partial charge is 0.371 e. The number of halogens is 1. The highest BCUT2D eigenvalue weighted by Crippen LogP contribution is 2.31. The third-order valence-electron chi connectivity index (χ3n) is 3.61. The summed E-state index contributed by atoms with van der Waals surface area (Å²) in [5.41, 5.74) is 0. The third-order valence-corrected chi connectivity index (χ3v) is 4.68. The van der Waals surface area contributed by atoms with Gasteiger partial charge in [-0.15, -0.1) is 23.7 Å². The van der Waals surface area contributed by atoms with E-state index in [1.165, 1.54) is 16.3 Å². The molecule has 19 heavy (non-hydrogen) atoms. The zero-order valence-corrected chi connectivity index (χ0v) is 12.9. The van der Waals surface area contributed by atoms with Gasteiger partial charge in [0.15, 0.2) is 0 Å². The SMILES string of the molecule is C[C@H]1CN(Cc2cnc(C3CCCO3)s2)CCN1.Cl. The number of nitrogens with one attached hydrogen (secondary N) is 1.